The molecule has 0 bridgehead atoms. The SMILES string of the molecule is O=Cc1c[nH]c2cc(C=CCNC(=O)OCc3ccccc3)ccc12. The van der Waals surface area contributed by atoms with Crippen molar-refractivity contribution in [3.8, 4) is 0 Å². The van der Waals surface area contributed by atoms with E-state index in [0.717, 1.165) is 28.3 Å². The van der Waals surface area contributed by atoms with Crippen LogP contribution in [0, 0.1) is 0 Å². The van der Waals surface area contributed by atoms with E-state index in [1.54, 1.807) is 6.20 Å². The normalized spacial score (nSPS) is 10.9. The summed E-state index contributed by atoms with van der Waals surface area (Å²) >= 11 is 0. The minimum atomic E-state index is -0.455. The van der Waals surface area contributed by atoms with Crippen LogP contribution in [0.1, 0.15) is 21.5 Å². The standard InChI is InChI=1S/C20H18N2O3/c23-13-17-12-22-19-11-15(8-9-18(17)19)7-4-10-21-20(24)25-14-16-5-2-1-3-6-16/h1-9,11-13,22H,10,14H2,(H,21,24). The lowest BCUT2D eigenvalue weighted by atomic mass is 10.1. The van der Waals surface area contributed by atoms with E-state index in [4.69, 9.17) is 4.74 Å². The molecule has 25 heavy (non-hydrogen) atoms. The fourth-order valence-electron chi connectivity index (χ4n) is 2.48. The molecule has 2 N–H and O–H groups in total. The molecule has 5 heteroatoms. The summed E-state index contributed by atoms with van der Waals surface area (Å²) in [6.45, 7) is 0.620. The molecule has 0 saturated heterocycles. The van der Waals surface area contributed by atoms with Crippen LogP contribution >= 0.6 is 0 Å². The van der Waals surface area contributed by atoms with Crippen molar-refractivity contribution in [1.82, 2.24) is 10.3 Å². The summed E-state index contributed by atoms with van der Waals surface area (Å²) in [5.41, 5.74) is 3.47. The maximum Gasteiger partial charge on any atom is 0.407 e. The smallest absolute Gasteiger partial charge is 0.407 e. The lowest BCUT2D eigenvalue weighted by molar-refractivity contribution is 0.112. The number of aromatic amines is 1. The molecule has 0 atom stereocenters. The minimum absolute atomic E-state index is 0.249. The topological polar surface area (TPSA) is 71.2 Å². The number of nitrogens with one attached hydrogen (secondary N) is 2. The van der Waals surface area contributed by atoms with Gasteiger partial charge in [0.05, 0.1) is 0 Å². The van der Waals surface area contributed by atoms with Gasteiger partial charge < -0.3 is 15.0 Å². The molecule has 126 valence electrons. The van der Waals surface area contributed by atoms with E-state index in [1.165, 1.54) is 0 Å². The fourth-order valence-corrected chi connectivity index (χ4v) is 2.48. The van der Waals surface area contributed by atoms with E-state index in [1.807, 2.05) is 60.7 Å². The Hall–Kier alpha value is -3.34. The average molecular weight is 334 g/mol. The molecule has 3 rings (SSSR count). The van der Waals surface area contributed by atoms with Crippen LogP contribution in [0.2, 0.25) is 0 Å². The molecule has 0 saturated carbocycles. The number of amides is 1. The highest BCUT2D eigenvalue weighted by Crippen LogP contribution is 2.18. The molecule has 0 aliphatic heterocycles. The Morgan fingerprint density at radius 2 is 2.00 bits per heavy atom. The number of ether oxygens (including phenoxy) is 1. The predicted octanol–water partition coefficient (Wildman–Crippen LogP) is 3.92. The second kappa shape index (κ2) is 7.97. The van der Waals surface area contributed by atoms with Gasteiger partial charge in [0.25, 0.3) is 0 Å². The zero-order chi connectivity index (χ0) is 17.5. The molecule has 1 heterocycles. The summed E-state index contributed by atoms with van der Waals surface area (Å²) in [5, 5.41) is 3.57. The van der Waals surface area contributed by atoms with Gasteiger partial charge in [-0.2, -0.15) is 0 Å². The van der Waals surface area contributed by atoms with E-state index in [0.29, 0.717) is 12.1 Å². The lowest BCUT2D eigenvalue weighted by Crippen LogP contribution is -2.24. The predicted molar refractivity (Wildman–Crippen MR) is 97.3 cm³/mol. The van der Waals surface area contributed by atoms with Gasteiger partial charge in [-0.3, -0.25) is 4.79 Å². The zero-order valence-corrected chi connectivity index (χ0v) is 13.6. The van der Waals surface area contributed by atoms with Crippen LogP contribution in [0.15, 0.2) is 60.8 Å². The Kier molecular flexibility index (Phi) is 5.26. The first-order valence-electron chi connectivity index (χ1n) is 7.93. The maximum atomic E-state index is 11.6. The number of hydrogen-bond acceptors (Lipinski definition) is 3. The Bertz CT molecular complexity index is 898. The number of benzene rings is 2. The first kappa shape index (κ1) is 16.5. The van der Waals surface area contributed by atoms with Crippen LogP contribution in [-0.4, -0.2) is 23.9 Å². The van der Waals surface area contributed by atoms with Crippen LogP contribution < -0.4 is 5.32 Å². The third-order valence-corrected chi connectivity index (χ3v) is 3.75. The number of carbonyl (C=O) groups is 2. The Balaban J connectivity index is 1.48. The molecule has 0 fully saturated rings. The van der Waals surface area contributed by atoms with Gasteiger partial charge in [-0.05, 0) is 17.2 Å². The molecule has 0 aliphatic rings. The van der Waals surface area contributed by atoms with E-state index >= 15 is 0 Å². The van der Waals surface area contributed by atoms with Gasteiger partial charge in [0.2, 0.25) is 0 Å². The Morgan fingerprint density at radius 3 is 2.80 bits per heavy atom. The van der Waals surface area contributed by atoms with Crippen molar-refractivity contribution < 1.29 is 14.3 Å². The van der Waals surface area contributed by atoms with Gasteiger partial charge in [0.15, 0.2) is 6.29 Å². The second-order valence-corrected chi connectivity index (χ2v) is 5.51. The summed E-state index contributed by atoms with van der Waals surface area (Å²) in [7, 11) is 0. The summed E-state index contributed by atoms with van der Waals surface area (Å²) < 4.78 is 5.13. The van der Waals surface area contributed by atoms with Crippen molar-refractivity contribution in [3.63, 3.8) is 0 Å². The Morgan fingerprint density at radius 1 is 1.16 bits per heavy atom. The molecule has 5 nitrogen and oxygen atoms in total. The minimum Gasteiger partial charge on any atom is -0.445 e. The molecular weight excluding hydrogens is 316 g/mol. The Labute approximate surface area is 145 Å². The van der Waals surface area contributed by atoms with Crippen LogP contribution in [0.25, 0.3) is 17.0 Å². The van der Waals surface area contributed by atoms with Crippen molar-refractivity contribution in [3.05, 3.63) is 77.5 Å². The van der Waals surface area contributed by atoms with Crippen LogP contribution in [-0.2, 0) is 11.3 Å². The van der Waals surface area contributed by atoms with Crippen LogP contribution in [0.4, 0.5) is 4.79 Å². The highest BCUT2D eigenvalue weighted by atomic mass is 16.5. The van der Waals surface area contributed by atoms with Crippen molar-refractivity contribution >= 4 is 29.4 Å². The van der Waals surface area contributed by atoms with Gasteiger partial charge in [-0.1, -0.05) is 54.6 Å². The molecular formula is C20H18N2O3. The molecule has 0 spiro atoms. The second-order valence-electron chi connectivity index (χ2n) is 5.51. The molecule has 1 aromatic heterocycles. The van der Waals surface area contributed by atoms with Crippen molar-refractivity contribution in [2.75, 3.05) is 6.54 Å². The molecule has 0 unspecified atom stereocenters. The van der Waals surface area contributed by atoms with Gasteiger partial charge in [0.1, 0.15) is 6.61 Å². The van der Waals surface area contributed by atoms with Crippen molar-refractivity contribution in [1.29, 1.82) is 0 Å². The first-order valence-corrected chi connectivity index (χ1v) is 7.93. The maximum absolute atomic E-state index is 11.6. The highest BCUT2D eigenvalue weighted by Gasteiger charge is 2.02. The van der Waals surface area contributed by atoms with Crippen molar-refractivity contribution in [2.45, 2.75) is 6.61 Å². The van der Waals surface area contributed by atoms with Gasteiger partial charge in [-0.25, -0.2) is 4.79 Å². The summed E-state index contributed by atoms with van der Waals surface area (Å²) in [6.07, 6.45) is 5.81. The lowest BCUT2D eigenvalue weighted by Gasteiger charge is -2.05. The third-order valence-electron chi connectivity index (χ3n) is 3.75. The van der Waals surface area contributed by atoms with E-state index in [2.05, 4.69) is 10.3 Å². The largest absolute Gasteiger partial charge is 0.445 e. The van der Waals surface area contributed by atoms with Gasteiger partial charge in [-0.15, -0.1) is 0 Å². The van der Waals surface area contributed by atoms with Gasteiger partial charge in [0, 0.05) is 29.2 Å². The fraction of sp³-hybridized carbons (Fsp3) is 0.100. The van der Waals surface area contributed by atoms with E-state index < -0.39 is 6.09 Å². The van der Waals surface area contributed by atoms with E-state index in [-0.39, 0.29) is 6.61 Å². The summed E-state index contributed by atoms with van der Waals surface area (Å²) in [4.78, 5) is 25.6. The average Bonchev–Trinajstić information content (AvgIpc) is 3.07. The molecule has 1 amide bonds. The van der Waals surface area contributed by atoms with Crippen LogP contribution in [0.3, 0.4) is 0 Å². The zero-order valence-electron chi connectivity index (χ0n) is 13.6. The number of rotatable bonds is 6. The highest BCUT2D eigenvalue weighted by molar-refractivity contribution is 5.97. The molecule has 3 aromatic rings. The number of H-pyrrole nitrogens is 1. The number of alkyl carbamates (subject to hydrolysis) is 1. The number of hydrogen-bond donors (Lipinski definition) is 2. The number of fused-ring (bicyclic) bond motifs is 1. The van der Waals surface area contributed by atoms with Gasteiger partial charge >= 0.3 is 6.09 Å². The number of aromatic nitrogens is 1. The number of carbonyl (C=O) groups excluding carboxylic acids is 2. The van der Waals surface area contributed by atoms with Crippen LogP contribution in [0.5, 0.6) is 0 Å². The quantitative estimate of drug-likeness (QED) is 0.671. The first-order chi connectivity index (χ1) is 12.3. The van der Waals surface area contributed by atoms with Crippen molar-refractivity contribution in [2.24, 2.45) is 0 Å². The third kappa shape index (κ3) is 4.35. The molecule has 2 aromatic carbocycles. The molecule has 0 radical (unpaired) electrons. The summed E-state index contributed by atoms with van der Waals surface area (Å²) in [5.74, 6) is 0. The van der Waals surface area contributed by atoms with E-state index in [9.17, 15) is 9.59 Å². The monoisotopic (exact) mass is 334 g/mol. The summed E-state index contributed by atoms with van der Waals surface area (Å²) in [6, 6.07) is 15.3. The molecule has 0 aliphatic carbocycles. The number of aldehydes is 1.